The molecule has 0 radical (unpaired) electrons. The number of ether oxygens (including phenoxy) is 2. The lowest BCUT2D eigenvalue weighted by Crippen LogP contribution is -2.45. The normalized spacial score (nSPS) is 17.2. The van der Waals surface area contributed by atoms with Gasteiger partial charge in [-0.15, -0.1) is 0 Å². The fourth-order valence-corrected chi connectivity index (χ4v) is 6.27. The minimum Gasteiger partial charge on any atom is -0.493 e. The first-order valence-corrected chi connectivity index (χ1v) is 13.9. The molecule has 1 fully saturated rings. The van der Waals surface area contributed by atoms with Gasteiger partial charge in [-0.05, 0) is 42.7 Å². The Bertz CT molecular complexity index is 1260. The number of nitrogens with zero attached hydrogens (tertiary/aromatic N) is 2. The molecule has 1 aliphatic rings. The highest BCUT2D eigenvalue weighted by Gasteiger charge is 2.33. The van der Waals surface area contributed by atoms with Crippen LogP contribution in [0.3, 0.4) is 0 Å². The van der Waals surface area contributed by atoms with E-state index in [2.05, 4.69) is 5.32 Å². The summed E-state index contributed by atoms with van der Waals surface area (Å²) in [4.78, 5) is 13.0. The Kier molecular flexibility index (Phi) is 8.42. The van der Waals surface area contributed by atoms with E-state index < -0.39 is 26.0 Å². The van der Waals surface area contributed by atoms with Gasteiger partial charge in [0.1, 0.15) is 0 Å². The van der Waals surface area contributed by atoms with Crippen LogP contribution >= 0.6 is 0 Å². The smallest absolute Gasteiger partial charge is 0.243 e. The van der Waals surface area contributed by atoms with E-state index in [1.807, 2.05) is 0 Å². The van der Waals surface area contributed by atoms with Gasteiger partial charge in [0.25, 0.3) is 0 Å². The number of nitrogens with one attached hydrogen (secondary N) is 1. The van der Waals surface area contributed by atoms with Crippen molar-refractivity contribution in [3.8, 4) is 11.5 Å². The van der Waals surface area contributed by atoms with E-state index in [1.165, 1.54) is 63.0 Å². The molecule has 0 saturated carbocycles. The lowest BCUT2D eigenvalue weighted by atomic mass is 9.99. The summed E-state index contributed by atoms with van der Waals surface area (Å²) in [7, 11) is -1.52. The number of methoxy groups -OCH3 is 2. The molecule has 1 heterocycles. The molecule has 0 unspecified atom stereocenters. The topological polar surface area (TPSA) is 122 Å². The molecule has 1 N–H and O–H groups in total. The van der Waals surface area contributed by atoms with Crippen LogP contribution in [0.4, 0.5) is 0 Å². The van der Waals surface area contributed by atoms with Crippen molar-refractivity contribution in [1.82, 2.24) is 13.9 Å². The van der Waals surface area contributed by atoms with Gasteiger partial charge in [0.05, 0.1) is 29.9 Å². The van der Waals surface area contributed by atoms with Gasteiger partial charge in [0, 0.05) is 39.8 Å². The highest BCUT2D eigenvalue weighted by atomic mass is 32.2. The van der Waals surface area contributed by atoms with E-state index in [-0.39, 0.29) is 28.8 Å². The molecule has 3 rings (SSSR count). The number of piperidine rings is 1. The zero-order valence-corrected chi connectivity index (χ0v) is 21.9. The zero-order valence-electron chi connectivity index (χ0n) is 20.2. The minimum absolute atomic E-state index is 0.0720. The molecule has 0 bridgehead atoms. The van der Waals surface area contributed by atoms with Crippen molar-refractivity contribution in [2.45, 2.75) is 29.2 Å². The number of rotatable bonds is 9. The molecule has 1 aliphatic heterocycles. The van der Waals surface area contributed by atoms with Crippen molar-refractivity contribution < 1.29 is 31.1 Å². The highest BCUT2D eigenvalue weighted by molar-refractivity contribution is 7.89. The summed E-state index contributed by atoms with van der Waals surface area (Å²) < 4.78 is 63.6. The summed E-state index contributed by atoms with van der Waals surface area (Å²) in [5.41, 5.74) is 0.738. The minimum atomic E-state index is -3.82. The molecule has 2 aromatic carbocycles. The van der Waals surface area contributed by atoms with Gasteiger partial charge in [-0.3, -0.25) is 4.79 Å². The fourth-order valence-electron chi connectivity index (χ4n) is 3.82. The van der Waals surface area contributed by atoms with Crippen LogP contribution in [0.25, 0.3) is 0 Å². The fraction of sp³-hybridized carbons (Fsp3) is 0.435. The molecule has 10 nitrogen and oxygen atoms in total. The van der Waals surface area contributed by atoms with Crippen LogP contribution in [0, 0.1) is 5.92 Å². The van der Waals surface area contributed by atoms with E-state index in [1.54, 1.807) is 12.1 Å². The van der Waals surface area contributed by atoms with Crippen molar-refractivity contribution in [3.05, 3.63) is 48.0 Å². The monoisotopic (exact) mass is 525 g/mol. The Balaban J connectivity index is 1.65. The van der Waals surface area contributed by atoms with Gasteiger partial charge >= 0.3 is 0 Å². The third-order valence-corrected chi connectivity index (χ3v) is 9.61. The maximum atomic E-state index is 13.2. The van der Waals surface area contributed by atoms with E-state index in [9.17, 15) is 21.6 Å². The van der Waals surface area contributed by atoms with Gasteiger partial charge in [-0.25, -0.2) is 21.1 Å². The number of amides is 1. The number of benzene rings is 2. The number of carbonyl (C=O) groups is 1. The Labute approximate surface area is 206 Å². The first kappa shape index (κ1) is 26.9. The summed E-state index contributed by atoms with van der Waals surface area (Å²) in [5.74, 6) is -0.00626. The molecule has 1 atom stereocenters. The van der Waals surface area contributed by atoms with Crippen LogP contribution in [-0.4, -0.2) is 72.8 Å². The van der Waals surface area contributed by atoms with E-state index in [0.717, 1.165) is 9.87 Å². The molecular formula is C23H31N3O7S2. The molecule has 0 spiro atoms. The average molecular weight is 526 g/mol. The predicted molar refractivity (Wildman–Crippen MR) is 130 cm³/mol. The van der Waals surface area contributed by atoms with E-state index >= 15 is 0 Å². The molecular weight excluding hydrogens is 494 g/mol. The second kappa shape index (κ2) is 10.9. The van der Waals surface area contributed by atoms with Crippen LogP contribution in [0.1, 0.15) is 18.4 Å². The van der Waals surface area contributed by atoms with Crippen LogP contribution in [0.15, 0.2) is 52.3 Å². The Morgan fingerprint density at radius 3 is 2.23 bits per heavy atom. The van der Waals surface area contributed by atoms with Crippen molar-refractivity contribution in [2.24, 2.45) is 5.92 Å². The van der Waals surface area contributed by atoms with Crippen LogP contribution in [0.2, 0.25) is 0 Å². The molecule has 35 heavy (non-hydrogen) atoms. The molecule has 192 valence electrons. The number of hydrogen-bond donors (Lipinski definition) is 1. The largest absolute Gasteiger partial charge is 0.493 e. The second-order valence-electron chi connectivity index (χ2n) is 8.37. The Morgan fingerprint density at radius 1 is 1.00 bits per heavy atom. The summed E-state index contributed by atoms with van der Waals surface area (Å²) in [6.07, 6.45) is 1.13. The zero-order chi connectivity index (χ0) is 25.8. The summed E-state index contributed by atoms with van der Waals surface area (Å²) >= 11 is 0. The van der Waals surface area contributed by atoms with Crippen molar-refractivity contribution in [2.75, 3.05) is 41.4 Å². The maximum Gasteiger partial charge on any atom is 0.243 e. The summed E-state index contributed by atoms with van der Waals surface area (Å²) in [5, 5.41) is 2.84. The maximum absolute atomic E-state index is 13.2. The first-order valence-electron chi connectivity index (χ1n) is 11.0. The molecule has 0 aromatic heterocycles. The van der Waals surface area contributed by atoms with Crippen molar-refractivity contribution in [3.63, 3.8) is 0 Å². The lowest BCUT2D eigenvalue weighted by Gasteiger charge is -2.31. The number of carbonyl (C=O) groups excluding carboxylic acids is 1. The highest BCUT2D eigenvalue weighted by Crippen LogP contribution is 2.32. The SMILES string of the molecule is COc1ccc(S(=O)(=O)N2CCC[C@H](C(=O)NCc3ccc(S(=O)(=O)N(C)C)cc3)C2)cc1OC. The van der Waals surface area contributed by atoms with Gasteiger partial charge in [-0.1, -0.05) is 12.1 Å². The van der Waals surface area contributed by atoms with E-state index in [4.69, 9.17) is 9.47 Å². The molecule has 12 heteroatoms. The molecule has 0 aliphatic carbocycles. The van der Waals surface area contributed by atoms with Crippen LogP contribution in [0.5, 0.6) is 11.5 Å². The van der Waals surface area contributed by atoms with Crippen molar-refractivity contribution in [1.29, 1.82) is 0 Å². The van der Waals surface area contributed by atoms with Gasteiger partial charge < -0.3 is 14.8 Å². The molecule has 2 aromatic rings. The standard InChI is InChI=1S/C23H31N3O7S2/c1-25(2)34(28,29)19-9-7-17(8-10-19)15-24-23(27)18-6-5-13-26(16-18)35(30,31)20-11-12-21(32-3)22(14-20)33-4/h7-12,14,18H,5-6,13,15-16H2,1-4H3,(H,24,27)/t18-/m0/s1. The quantitative estimate of drug-likeness (QED) is 0.528. The van der Waals surface area contributed by atoms with E-state index in [0.29, 0.717) is 30.9 Å². The van der Waals surface area contributed by atoms with Crippen molar-refractivity contribution >= 4 is 26.0 Å². The van der Waals surface area contributed by atoms with Gasteiger partial charge in [0.15, 0.2) is 11.5 Å². The number of hydrogen-bond acceptors (Lipinski definition) is 7. The van der Waals surface area contributed by atoms with Gasteiger partial charge in [-0.2, -0.15) is 4.31 Å². The summed E-state index contributed by atoms with van der Waals surface area (Å²) in [6.45, 7) is 0.602. The van der Waals surface area contributed by atoms with Crippen LogP contribution in [-0.2, 0) is 31.4 Å². The first-order chi connectivity index (χ1) is 16.5. The predicted octanol–water partition coefficient (Wildman–Crippen LogP) is 1.67. The lowest BCUT2D eigenvalue weighted by molar-refractivity contribution is -0.126. The second-order valence-corrected chi connectivity index (χ2v) is 12.5. The number of sulfonamides is 2. The summed E-state index contributed by atoms with van der Waals surface area (Å²) in [6, 6.07) is 10.7. The van der Waals surface area contributed by atoms with Gasteiger partial charge in [0.2, 0.25) is 26.0 Å². The molecule has 1 amide bonds. The third-order valence-electron chi connectivity index (χ3n) is 5.92. The Morgan fingerprint density at radius 2 is 1.63 bits per heavy atom. The third kappa shape index (κ3) is 5.95. The van der Waals surface area contributed by atoms with Crippen LogP contribution < -0.4 is 14.8 Å². The molecule has 1 saturated heterocycles. The average Bonchev–Trinajstić information content (AvgIpc) is 2.86. The Hall–Kier alpha value is -2.67.